The van der Waals surface area contributed by atoms with Crippen molar-refractivity contribution in [3.8, 4) is 0 Å². The Morgan fingerprint density at radius 3 is 2.81 bits per heavy atom. The fourth-order valence-corrected chi connectivity index (χ4v) is 3.62. The highest BCUT2D eigenvalue weighted by Gasteiger charge is 2.33. The Kier molecular flexibility index (Phi) is 3.49. The number of amides is 2. The van der Waals surface area contributed by atoms with Crippen molar-refractivity contribution >= 4 is 28.4 Å². The number of nitrogens with zero attached hydrogens (tertiary/aromatic N) is 7. The van der Waals surface area contributed by atoms with Crippen LogP contribution in [0, 0.1) is 5.82 Å². The fourth-order valence-electron chi connectivity index (χ4n) is 3.62. The van der Waals surface area contributed by atoms with Crippen molar-refractivity contribution in [2.75, 3.05) is 43.0 Å². The molecule has 2 aromatic heterocycles. The van der Waals surface area contributed by atoms with Crippen LogP contribution in [0.5, 0.6) is 0 Å². The van der Waals surface area contributed by atoms with Gasteiger partial charge >= 0.3 is 6.03 Å². The van der Waals surface area contributed by atoms with Crippen LogP contribution in [0.4, 0.5) is 20.7 Å². The second kappa shape index (κ2) is 5.90. The quantitative estimate of drug-likeness (QED) is 0.707. The van der Waals surface area contributed by atoms with Gasteiger partial charge in [0.15, 0.2) is 0 Å². The van der Waals surface area contributed by atoms with Gasteiger partial charge in [-0.1, -0.05) is 0 Å². The van der Waals surface area contributed by atoms with Crippen LogP contribution in [0.25, 0.3) is 10.9 Å². The predicted octanol–water partition coefficient (Wildman–Crippen LogP) is 1.90. The Balaban J connectivity index is 1.33. The predicted molar refractivity (Wildman–Crippen MR) is 98.3 cm³/mol. The van der Waals surface area contributed by atoms with Crippen LogP contribution < -0.4 is 9.80 Å². The molecule has 0 bridgehead atoms. The van der Waals surface area contributed by atoms with Crippen LogP contribution in [-0.4, -0.2) is 63.9 Å². The number of hydrogen-bond acceptors (Lipinski definition) is 5. The number of carbonyl (C=O) groups is 1. The Hall–Kier alpha value is -3.23. The maximum Gasteiger partial charge on any atom is 0.324 e. The normalized spacial score (nSPS) is 17.9. The molecule has 0 radical (unpaired) electrons. The molecule has 2 amide bonds. The molecule has 138 valence electrons. The molecule has 0 saturated carbocycles. The molecule has 2 aliphatic heterocycles. The maximum atomic E-state index is 13.6. The van der Waals surface area contributed by atoms with Crippen molar-refractivity contribution in [3.05, 3.63) is 42.7 Å². The first-order chi connectivity index (χ1) is 13.1. The summed E-state index contributed by atoms with van der Waals surface area (Å²) in [4.78, 5) is 26.2. The summed E-state index contributed by atoms with van der Waals surface area (Å²) in [5.74, 6) is 0.437. The summed E-state index contributed by atoms with van der Waals surface area (Å²) in [6.07, 6.45) is 5.15. The van der Waals surface area contributed by atoms with Gasteiger partial charge in [0.1, 0.15) is 18.0 Å². The van der Waals surface area contributed by atoms with Crippen molar-refractivity contribution in [2.24, 2.45) is 0 Å². The lowest BCUT2D eigenvalue weighted by molar-refractivity contribution is 0.229. The number of anilines is 2. The van der Waals surface area contributed by atoms with E-state index in [1.165, 1.54) is 18.5 Å². The maximum absolute atomic E-state index is 13.6. The van der Waals surface area contributed by atoms with Crippen molar-refractivity contribution in [3.63, 3.8) is 0 Å². The van der Waals surface area contributed by atoms with Crippen LogP contribution in [0.1, 0.15) is 6.04 Å². The third-order valence-corrected chi connectivity index (χ3v) is 5.23. The minimum absolute atomic E-state index is 0.000678. The van der Waals surface area contributed by atoms with E-state index in [4.69, 9.17) is 0 Å². The lowest BCUT2D eigenvalue weighted by atomic mass is 10.1. The molecule has 5 rings (SSSR count). The number of aromatic nitrogens is 4. The van der Waals surface area contributed by atoms with E-state index >= 15 is 0 Å². The highest BCUT2D eigenvalue weighted by atomic mass is 19.1. The van der Waals surface area contributed by atoms with E-state index < -0.39 is 0 Å². The average molecular weight is 367 g/mol. The zero-order valence-corrected chi connectivity index (χ0v) is 14.8. The zero-order chi connectivity index (χ0) is 18.5. The molecule has 9 heteroatoms. The SMILES string of the molecule is CN1CCN(c2cnn(C3CN(c4ncnc5ccc(F)cc45)C3)c2)C1=O. The van der Waals surface area contributed by atoms with E-state index in [1.54, 1.807) is 29.1 Å². The Morgan fingerprint density at radius 2 is 2.04 bits per heavy atom. The molecule has 0 aliphatic carbocycles. The molecule has 3 aromatic rings. The van der Waals surface area contributed by atoms with E-state index in [0.29, 0.717) is 11.9 Å². The third-order valence-electron chi connectivity index (χ3n) is 5.23. The molecule has 0 spiro atoms. The zero-order valence-electron chi connectivity index (χ0n) is 14.8. The largest absolute Gasteiger partial charge is 0.352 e. The van der Waals surface area contributed by atoms with Crippen LogP contribution in [0.15, 0.2) is 36.9 Å². The molecular formula is C18H18FN7O. The standard InChI is InChI=1S/C18H18FN7O/c1-23-4-5-25(18(23)27)13-7-22-26(10-13)14-8-24(9-14)17-15-6-12(19)2-3-16(15)20-11-21-17/h2-3,6-7,10-11,14H,4-5,8-9H2,1H3. The molecule has 2 fully saturated rings. The summed E-state index contributed by atoms with van der Waals surface area (Å²) >= 11 is 0. The van der Waals surface area contributed by atoms with Crippen LogP contribution in [0.3, 0.4) is 0 Å². The van der Waals surface area contributed by atoms with E-state index in [9.17, 15) is 9.18 Å². The number of hydrogen-bond donors (Lipinski definition) is 0. The minimum atomic E-state index is -0.299. The first-order valence-corrected chi connectivity index (χ1v) is 8.82. The summed E-state index contributed by atoms with van der Waals surface area (Å²) in [6.45, 7) is 2.84. The summed E-state index contributed by atoms with van der Waals surface area (Å²) < 4.78 is 15.5. The third kappa shape index (κ3) is 2.57. The first-order valence-electron chi connectivity index (χ1n) is 8.82. The molecule has 0 N–H and O–H groups in total. The minimum Gasteiger partial charge on any atom is -0.352 e. The molecule has 0 unspecified atom stereocenters. The average Bonchev–Trinajstić information content (AvgIpc) is 3.22. The van der Waals surface area contributed by atoms with Gasteiger partial charge in [0.2, 0.25) is 0 Å². The van der Waals surface area contributed by atoms with Crippen molar-refractivity contribution < 1.29 is 9.18 Å². The second-order valence-corrected chi connectivity index (χ2v) is 6.95. The van der Waals surface area contributed by atoms with Gasteiger partial charge in [-0.05, 0) is 18.2 Å². The highest BCUT2D eigenvalue weighted by molar-refractivity contribution is 5.93. The van der Waals surface area contributed by atoms with E-state index in [0.717, 1.165) is 36.7 Å². The molecule has 1 aromatic carbocycles. The number of urea groups is 1. The number of likely N-dealkylation sites (N-methyl/N-ethyl adjacent to an activating group) is 1. The number of rotatable bonds is 3. The Morgan fingerprint density at radius 1 is 1.19 bits per heavy atom. The fraction of sp³-hybridized carbons (Fsp3) is 0.333. The number of carbonyl (C=O) groups excluding carboxylic acids is 1. The van der Waals surface area contributed by atoms with Crippen molar-refractivity contribution in [1.82, 2.24) is 24.6 Å². The van der Waals surface area contributed by atoms with Crippen LogP contribution >= 0.6 is 0 Å². The van der Waals surface area contributed by atoms with Gasteiger partial charge < -0.3 is 9.80 Å². The highest BCUT2D eigenvalue weighted by Crippen LogP contribution is 2.32. The van der Waals surface area contributed by atoms with Gasteiger partial charge in [-0.25, -0.2) is 19.2 Å². The van der Waals surface area contributed by atoms with Crippen molar-refractivity contribution in [1.29, 1.82) is 0 Å². The smallest absolute Gasteiger partial charge is 0.324 e. The van der Waals surface area contributed by atoms with Crippen LogP contribution in [0.2, 0.25) is 0 Å². The van der Waals surface area contributed by atoms with Gasteiger partial charge in [-0.3, -0.25) is 9.58 Å². The topological polar surface area (TPSA) is 70.4 Å². The molecular weight excluding hydrogens is 349 g/mol. The number of halogens is 1. The summed E-state index contributed by atoms with van der Waals surface area (Å²) in [5, 5.41) is 5.14. The monoisotopic (exact) mass is 367 g/mol. The summed E-state index contributed by atoms with van der Waals surface area (Å²) in [6, 6.07) is 4.73. The number of benzene rings is 1. The van der Waals surface area contributed by atoms with E-state index in [1.807, 2.05) is 10.9 Å². The summed E-state index contributed by atoms with van der Waals surface area (Å²) in [5.41, 5.74) is 1.54. The van der Waals surface area contributed by atoms with E-state index in [-0.39, 0.29) is 17.9 Å². The van der Waals surface area contributed by atoms with E-state index in [2.05, 4.69) is 20.0 Å². The van der Waals surface area contributed by atoms with Gasteiger partial charge in [-0.2, -0.15) is 5.10 Å². The van der Waals surface area contributed by atoms with Gasteiger partial charge in [0, 0.05) is 44.8 Å². The van der Waals surface area contributed by atoms with Gasteiger partial charge in [0.05, 0.1) is 23.4 Å². The molecule has 2 aliphatic rings. The molecule has 8 nitrogen and oxygen atoms in total. The number of fused-ring (bicyclic) bond motifs is 1. The Labute approximate surface area is 154 Å². The summed E-state index contributed by atoms with van der Waals surface area (Å²) in [7, 11) is 1.80. The lowest BCUT2D eigenvalue weighted by Gasteiger charge is -2.40. The lowest BCUT2D eigenvalue weighted by Crippen LogP contribution is -2.48. The van der Waals surface area contributed by atoms with Gasteiger partial charge in [0.25, 0.3) is 0 Å². The van der Waals surface area contributed by atoms with Crippen LogP contribution in [-0.2, 0) is 0 Å². The van der Waals surface area contributed by atoms with Gasteiger partial charge in [-0.15, -0.1) is 0 Å². The molecule has 4 heterocycles. The first kappa shape index (κ1) is 16.0. The molecule has 27 heavy (non-hydrogen) atoms. The second-order valence-electron chi connectivity index (χ2n) is 6.95. The molecule has 2 saturated heterocycles. The Bertz CT molecular complexity index is 1030. The van der Waals surface area contributed by atoms with Crippen molar-refractivity contribution in [2.45, 2.75) is 6.04 Å². The molecule has 0 atom stereocenters.